The Kier molecular flexibility index (Phi) is 24.4. The van der Waals surface area contributed by atoms with Gasteiger partial charge >= 0.3 is 24.3 Å². The largest absolute Gasteiger partial charge is 1.00 e. The molecule has 0 N–H and O–H groups in total. The Balaban J connectivity index is 0.000000365. The van der Waals surface area contributed by atoms with E-state index in [4.69, 9.17) is 28.5 Å². The van der Waals surface area contributed by atoms with Gasteiger partial charge in [0, 0.05) is 0 Å². The van der Waals surface area contributed by atoms with Crippen LogP contribution >= 0.6 is 23.2 Å². The van der Waals surface area contributed by atoms with Crippen molar-refractivity contribution in [3.05, 3.63) is 181 Å². The maximum atomic E-state index is 12.4. The summed E-state index contributed by atoms with van der Waals surface area (Å²) in [5.74, 6) is -1.96. The van der Waals surface area contributed by atoms with Gasteiger partial charge in [-0.25, -0.2) is 18.0 Å². The zero-order chi connectivity index (χ0) is 46.5. The smallest absolute Gasteiger partial charge is 0.422 e. The lowest BCUT2D eigenvalue weighted by Gasteiger charge is -2.12. The molecule has 6 aromatic carbocycles. The van der Waals surface area contributed by atoms with E-state index in [9.17, 15) is 44.3 Å². The highest BCUT2D eigenvalue weighted by Gasteiger charge is 2.37. The summed E-state index contributed by atoms with van der Waals surface area (Å²) in [4.78, 5) is 29.8. The molecule has 342 valence electrons. The van der Waals surface area contributed by atoms with Crippen molar-refractivity contribution in [1.29, 1.82) is 0 Å². The predicted molar refractivity (Wildman–Crippen MR) is 228 cm³/mol. The molecule has 0 bridgehead atoms. The van der Waals surface area contributed by atoms with Gasteiger partial charge < -0.3 is 43.0 Å². The highest BCUT2D eigenvalue weighted by molar-refractivity contribution is 7.97. The van der Waals surface area contributed by atoms with Crippen molar-refractivity contribution in [2.24, 2.45) is 0 Å². The molecule has 0 aliphatic carbocycles. The van der Waals surface area contributed by atoms with Gasteiger partial charge in [0.15, 0.2) is 42.6 Å². The third kappa shape index (κ3) is 19.9. The van der Waals surface area contributed by atoms with Crippen LogP contribution in [0.1, 0.15) is 20.7 Å². The monoisotopic (exact) mass is 1100 g/mol. The number of carbonyl (C=O) groups excluding carboxylic acids is 2. The molecule has 0 radical (unpaired) electrons. The van der Waals surface area contributed by atoms with E-state index in [1.807, 2.05) is 121 Å². The van der Waals surface area contributed by atoms with E-state index >= 15 is 0 Å². The molecule has 0 aromatic heterocycles. The molecule has 0 spiro atoms. The lowest BCUT2D eigenvalue weighted by Crippen LogP contribution is -3.00. The van der Waals surface area contributed by atoms with Crippen LogP contribution in [0.2, 0.25) is 0 Å². The van der Waals surface area contributed by atoms with Crippen molar-refractivity contribution in [1.82, 2.24) is 0 Å². The van der Waals surface area contributed by atoms with E-state index in [0.717, 1.165) is 19.6 Å². The fourth-order valence-electron chi connectivity index (χ4n) is 5.08. The molecule has 0 amide bonds. The van der Waals surface area contributed by atoms with Gasteiger partial charge in [-0.3, -0.25) is 0 Å². The number of alkyl halides is 8. The molecule has 8 nitrogen and oxygen atoms in total. The zero-order valence-corrected chi connectivity index (χ0v) is 39.3. The van der Waals surface area contributed by atoms with Crippen molar-refractivity contribution < 1.29 is 87.4 Å². The van der Waals surface area contributed by atoms with Gasteiger partial charge in [-0.2, -0.15) is 26.3 Å². The highest BCUT2D eigenvalue weighted by Crippen LogP contribution is 2.35. The topological polar surface area (TPSA) is 119 Å². The third-order valence-electron chi connectivity index (χ3n) is 7.43. The molecule has 0 aliphatic heterocycles. The normalized spacial score (nSPS) is 11.0. The second kappa shape index (κ2) is 27.9. The number of halogens is 9. The Bertz CT molecular complexity index is 2180. The first-order valence-corrected chi connectivity index (χ1v) is 23.2. The summed E-state index contributed by atoms with van der Waals surface area (Å²) in [7, 11) is -5.02. The first kappa shape index (κ1) is 55.9. The number of rotatable bonds is 11. The van der Waals surface area contributed by atoms with Crippen LogP contribution in [0.15, 0.2) is 199 Å². The summed E-state index contributed by atoms with van der Waals surface area (Å²) in [5, 5.41) is 9.06. The van der Waals surface area contributed by atoms with Gasteiger partial charge in [0.1, 0.15) is 32.9 Å². The van der Waals surface area contributed by atoms with Crippen LogP contribution in [0.5, 0.6) is 0 Å². The molecule has 64 heavy (non-hydrogen) atoms. The van der Waals surface area contributed by atoms with Crippen LogP contribution < -0.4 is 29.2 Å². The number of hydrogen-bond acceptors (Lipinski definition) is 8. The Morgan fingerprint density at radius 1 is 0.516 bits per heavy atom. The number of carbonyl (C=O) groups is 2. The standard InChI is InChI=1S/2C21H16F3O2S.CH2Cl2.CH4O4S.HI/c2*22-21(23,24)15-26-20(25)18-13-7-8-14-19(18)27(16-9-3-1-4-10-16)17-11-5-2-6-12-17;2-1-3;1-6(3,4)5-2;/h2*1-14H,15H2;1H2;2H,1H3;1H/q2*+1;;;/p-2. The average molecular weight is 1100 g/mol. The summed E-state index contributed by atoms with van der Waals surface area (Å²) >= 11 is 9.53. The molecule has 0 heterocycles. The molecule has 0 saturated heterocycles. The number of benzene rings is 6. The molecule has 0 atom stereocenters. The van der Waals surface area contributed by atoms with Crippen molar-refractivity contribution in [3.63, 3.8) is 0 Å². The van der Waals surface area contributed by atoms with Crippen molar-refractivity contribution in [2.75, 3.05) is 24.8 Å². The minimum Gasteiger partial charge on any atom is -1.00 e. The highest BCUT2D eigenvalue weighted by atomic mass is 127. The molecule has 6 rings (SSSR count). The zero-order valence-electron chi connectivity index (χ0n) is 33.2. The van der Waals surface area contributed by atoms with Crippen molar-refractivity contribution in [3.8, 4) is 0 Å². The number of ether oxygens (including phenoxy) is 2. The van der Waals surface area contributed by atoms with Crippen LogP contribution in [0, 0.1) is 0 Å². The minimum absolute atomic E-state index is 0. The fraction of sp³-hybridized carbons (Fsp3) is 0.136. The van der Waals surface area contributed by atoms with Gasteiger partial charge in [-0.1, -0.05) is 97.1 Å². The molecule has 0 aliphatic rings. The third-order valence-corrected chi connectivity index (χ3v) is 12.2. The van der Waals surface area contributed by atoms with E-state index in [0.29, 0.717) is 16.0 Å². The fourth-order valence-corrected chi connectivity index (χ4v) is 9.53. The van der Waals surface area contributed by atoms with Crippen LogP contribution in [-0.4, -0.2) is 57.5 Å². The molecule has 0 fully saturated rings. The summed E-state index contributed by atoms with van der Waals surface area (Å²) < 4.78 is 105. The number of hydrogen-bond donors (Lipinski definition) is 0. The predicted octanol–water partition coefficient (Wildman–Crippen LogP) is 7.67. The van der Waals surface area contributed by atoms with Gasteiger partial charge in [-0.05, 0) is 72.8 Å². The van der Waals surface area contributed by atoms with E-state index in [-0.39, 0.29) is 40.4 Å². The summed E-state index contributed by atoms with van der Waals surface area (Å²) in [6, 6.07) is 51.5. The van der Waals surface area contributed by atoms with Crippen LogP contribution in [0.25, 0.3) is 0 Å². The van der Waals surface area contributed by atoms with E-state index < -0.39 is 69.4 Å². The van der Waals surface area contributed by atoms with E-state index in [1.165, 1.54) is 12.1 Å². The van der Waals surface area contributed by atoms with Crippen LogP contribution in [0.4, 0.5) is 26.3 Å². The van der Waals surface area contributed by atoms with E-state index in [2.05, 4.69) is 13.8 Å². The first-order chi connectivity index (χ1) is 29.9. The Hall–Kier alpha value is -4.28. The molecular formula is C44H37Cl2F6IO8S3. The molecular weight excluding hydrogens is 1060 g/mol. The maximum absolute atomic E-state index is 12.4. The van der Waals surface area contributed by atoms with Crippen LogP contribution in [0.3, 0.4) is 0 Å². The Morgan fingerprint density at radius 3 is 0.953 bits per heavy atom. The first-order valence-electron chi connectivity index (χ1n) is 17.9. The quantitative estimate of drug-likeness (QED) is 0.0247. The van der Waals surface area contributed by atoms with Gasteiger partial charge in [0.2, 0.25) is 0 Å². The van der Waals surface area contributed by atoms with Gasteiger partial charge in [0.05, 0.1) is 11.6 Å². The van der Waals surface area contributed by atoms with Crippen molar-refractivity contribution in [2.45, 2.75) is 41.7 Å². The molecule has 6 aromatic rings. The second-order valence-corrected chi connectivity index (χ2v) is 18.5. The lowest BCUT2D eigenvalue weighted by atomic mass is 10.2. The summed E-state index contributed by atoms with van der Waals surface area (Å²) in [5.41, 5.74) is 0.274. The van der Waals surface area contributed by atoms with Crippen molar-refractivity contribution >= 4 is 67.0 Å². The Labute approximate surface area is 399 Å². The molecule has 0 saturated carbocycles. The van der Waals surface area contributed by atoms with Crippen LogP contribution in [-0.2, 0) is 45.7 Å². The maximum Gasteiger partial charge on any atom is 0.422 e. The van der Waals surface area contributed by atoms with Gasteiger partial charge in [-0.15, -0.1) is 23.2 Å². The summed E-state index contributed by atoms with van der Waals surface area (Å²) in [6.07, 6.45) is -8.45. The Morgan fingerprint density at radius 2 is 0.734 bits per heavy atom. The molecule has 0 unspecified atom stereocenters. The van der Waals surface area contributed by atoms with E-state index in [1.54, 1.807) is 36.4 Å². The average Bonchev–Trinajstić information content (AvgIpc) is 3.27. The number of esters is 2. The SMILES string of the molecule is CS(=O)(=O)O[O-].ClCCl.O=C(OCC(F)(F)F)c1ccccc1[S+](c1ccccc1)c1ccccc1.O=C(OCC(F)(F)F)c1ccccc1[S+](c1ccccc1)c1ccccc1.[I-]. The molecule has 20 heteroatoms. The second-order valence-electron chi connectivity index (χ2n) is 12.1. The summed E-state index contributed by atoms with van der Waals surface area (Å²) in [6.45, 7) is -3.21. The van der Waals surface area contributed by atoms with Gasteiger partial charge in [0.25, 0.3) is 10.1 Å². The lowest BCUT2D eigenvalue weighted by molar-refractivity contribution is -0.634. The minimum atomic E-state index is -4.56.